The molecule has 1 amide bonds. The molecule has 1 heterocycles. The molecule has 0 bridgehead atoms. The molecule has 1 aromatic rings. The van der Waals surface area contributed by atoms with Crippen molar-refractivity contribution in [2.45, 2.75) is 51.0 Å². The van der Waals surface area contributed by atoms with Gasteiger partial charge in [-0.3, -0.25) is 9.89 Å². The highest BCUT2D eigenvalue weighted by Crippen LogP contribution is 2.39. The molecule has 1 aromatic heterocycles. The number of hydrogen-bond donors (Lipinski definition) is 2. The van der Waals surface area contributed by atoms with E-state index in [1.807, 2.05) is 6.92 Å². The van der Waals surface area contributed by atoms with Gasteiger partial charge in [0.1, 0.15) is 11.2 Å². The van der Waals surface area contributed by atoms with E-state index in [-0.39, 0.29) is 5.91 Å². The third-order valence-corrected chi connectivity index (χ3v) is 3.62. The van der Waals surface area contributed by atoms with E-state index in [1.54, 1.807) is 13.0 Å². The van der Waals surface area contributed by atoms with Gasteiger partial charge in [0.05, 0.1) is 7.11 Å². The summed E-state index contributed by atoms with van der Waals surface area (Å²) in [5.74, 6) is -0.285. The van der Waals surface area contributed by atoms with E-state index in [4.69, 9.17) is 4.74 Å². The van der Waals surface area contributed by atoms with Crippen molar-refractivity contribution in [1.29, 1.82) is 0 Å². The lowest BCUT2D eigenvalue weighted by atomic mass is 9.96. The number of methoxy groups -OCH3 is 1. The molecular formula is C14H21N3O3. The fourth-order valence-electron chi connectivity index (χ4n) is 2.31. The molecule has 0 aromatic carbocycles. The van der Waals surface area contributed by atoms with Crippen molar-refractivity contribution in [3.63, 3.8) is 0 Å². The Morgan fingerprint density at radius 2 is 2.25 bits per heavy atom. The number of esters is 1. The van der Waals surface area contributed by atoms with Gasteiger partial charge in [-0.15, -0.1) is 0 Å². The van der Waals surface area contributed by atoms with Gasteiger partial charge in [0.15, 0.2) is 0 Å². The van der Waals surface area contributed by atoms with Crippen LogP contribution in [0.1, 0.15) is 61.6 Å². The molecular weight excluding hydrogens is 258 g/mol. The van der Waals surface area contributed by atoms with Crippen molar-refractivity contribution in [1.82, 2.24) is 15.5 Å². The Balaban J connectivity index is 2.08. The van der Waals surface area contributed by atoms with Gasteiger partial charge in [0.2, 0.25) is 0 Å². The monoisotopic (exact) mass is 279 g/mol. The zero-order valence-electron chi connectivity index (χ0n) is 12.2. The van der Waals surface area contributed by atoms with E-state index in [0.29, 0.717) is 18.0 Å². The highest BCUT2D eigenvalue weighted by Gasteiger charge is 2.36. The van der Waals surface area contributed by atoms with Crippen molar-refractivity contribution in [3.05, 3.63) is 17.5 Å². The van der Waals surface area contributed by atoms with Crippen LogP contribution in [0.25, 0.3) is 0 Å². The molecule has 1 saturated carbocycles. The van der Waals surface area contributed by atoms with Crippen LogP contribution in [-0.2, 0) is 9.53 Å². The maximum Gasteiger partial charge on any atom is 0.331 e. The summed E-state index contributed by atoms with van der Waals surface area (Å²) in [6, 6.07) is 1.76. The lowest BCUT2D eigenvalue weighted by Crippen LogP contribution is -2.52. The van der Waals surface area contributed by atoms with Crippen LogP contribution in [0, 0.1) is 0 Å². The summed E-state index contributed by atoms with van der Waals surface area (Å²) >= 11 is 0. The third kappa shape index (κ3) is 3.00. The lowest BCUT2D eigenvalue weighted by Gasteiger charge is -2.27. The van der Waals surface area contributed by atoms with Gasteiger partial charge in [-0.05, 0) is 32.3 Å². The predicted octanol–water partition coefficient (Wildman–Crippen LogP) is 1.75. The number of amides is 1. The van der Waals surface area contributed by atoms with Crippen molar-refractivity contribution in [3.8, 4) is 0 Å². The number of carbonyl (C=O) groups is 2. The molecule has 0 saturated heterocycles. The number of aromatic amines is 1. The highest BCUT2D eigenvalue weighted by atomic mass is 16.5. The molecule has 1 atom stereocenters. The van der Waals surface area contributed by atoms with E-state index in [0.717, 1.165) is 25.0 Å². The van der Waals surface area contributed by atoms with Gasteiger partial charge >= 0.3 is 5.97 Å². The zero-order chi connectivity index (χ0) is 14.8. The van der Waals surface area contributed by atoms with E-state index in [9.17, 15) is 9.59 Å². The van der Waals surface area contributed by atoms with Crippen molar-refractivity contribution in [2.75, 3.05) is 7.11 Å². The summed E-state index contributed by atoms with van der Waals surface area (Å²) in [7, 11) is 1.32. The van der Waals surface area contributed by atoms with Gasteiger partial charge < -0.3 is 10.1 Å². The fourth-order valence-corrected chi connectivity index (χ4v) is 2.31. The topological polar surface area (TPSA) is 84.1 Å². The van der Waals surface area contributed by atoms with Crippen LogP contribution in [0.2, 0.25) is 0 Å². The number of carbonyl (C=O) groups excluding carboxylic acids is 2. The van der Waals surface area contributed by atoms with E-state index >= 15 is 0 Å². The highest BCUT2D eigenvalue weighted by molar-refractivity contribution is 5.96. The average Bonchev–Trinajstić information content (AvgIpc) is 3.15. The summed E-state index contributed by atoms with van der Waals surface area (Å²) in [5.41, 5.74) is 0.294. The molecule has 1 fully saturated rings. The maximum atomic E-state index is 12.2. The largest absolute Gasteiger partial charge is 0.467 e. The Hall–Kier alpha value is -1.85. The molecule has 0 aliphatic heterocycles. The SMILES string of the molecule is CCCC(C)(NC(=O)c1cc(C2CC2)[nH]n1)C(=O)OC. The summed E-state index contributed by atoms with van der Waals surface area (Å²) < 4.78 is 4.78. The van der Waals surface area contributed by atoms with Crippen molar-refractivity contribution >= 4 is 11.9 Å². The first-order valence-corrected chi connectivity index (χ1v) is 6.96. The number of ether oxygens (including phenoxy) is 1. The van der Waals surface area contributed by atoms with Gasteiger partial charge in [-0.2, -0.15) is 5.10 Å². The van der Waals surface area contributed by atoms with Crippen molar-refractivity contribution < 1.29 is 14.3 Å². The normalized spacial score (nSPS) is 17.4. The minimum absolute atomic E-state index is 0.318. The fraction of sp³-hybridized carbons (Fsp3) is 0.643. The number of hydrogen-bond acceptors (Lipinski definition) is 4. The molecule has 6 heteroatoms. The summed E-state index contributed by atoms with van der Waals surface area (Å²) in [6.45, 7) is 3.63. The lowest BCUT2D eigenvalue weighted by molar-refractivity contribution is -0.147. The maximum absolute atomic E-state index is 12.2. The summed E-state index contributed by atoms with van der Waals surface area (Å²) in [5, 5.41) is 9.64. The molecule has 2 rings (SSSR count). The first-order chi connectivity index (χ1) is 9.50. The van der Waals surface area contributed by atoms with E-state index < -0.39 is 11.5 Å². The molecule has 110 valence electrons. The van der Waals surface area contributed by atoms with E-state index in [1.165, 1.54) is 7.11 Å². The van der Waals surface area contributed by atoms with Gasteiger partial charge in [-0.25, -0.2) is 4.79 Å². The Labute approximate surface area is 118 Å². The Bertz CT molecular complexity index is 508. The smallest absolute Gasteiger partial charge is 0.331 e. The molecule has 1 aliphatic rings. The first kappa shape index (κ1) is 14.6. The molecule has 0 radical (unpaired) electrons. The molecule has 0 spiro atoms. The molecule has 1 aliphatic carbocycles. The van der Waals surface area contributed by atoms with Crippen molar-refractivity contribution in [2.24, 2.45) is 0 Å². The van der Waals surface area contributed by atoms with Crippen LogP contribution in [-0.4, -0.2) is 34.7 Å². The molecule has 1 unspecified atom stereocenters. The van der Waals surface area contributed by atoms with Crippen LogP contribution in [0.3, 0.4) is 0 Å². The van der Waals surface area contributed by atoms with Crippen LogP contribution in [0.5, 0.6) is 0 Å². The number of nitrogens with one attached hydrogen (secondary N) is 2. The van der Waals surface area contributed by atoms with Gasteiger partial charge in [0, 0.05) is 11.6 Å². The quantitative estimate of drug-likeness (QED) is 0.777. The van der Waals surface area contributed by atoms with E-state index in [2.05, 4.69) is 15.5 Å². The van der Waals surface area contributed by atoms with Gasteiger partial charge in [-0.1, -0.05) is 13.3 Å². The Kier molecular flexibility index (Phi) is 4.11. The predicted molar refractivity (Wildman–Crippen MR) is 73.4 cm³/mol. The third-order valence-electron chi connectivity index (χ3n) is 3.62. The molecule has 2 N–H and O–H groups in total. The second-order valence-electron chi connectivity index (χ2n) is 5.51. The zero-order valence-corrected chi connectivity index (χ0v) is 12.2. The average molecular weight is 279 g/mol. The number of nitrogens with zero attached hydrogens (tertiary/aromatic N) is 1. The summed E-state index contributed by atoms with van der Waals surface area (Å²) in [6.07, 6.45) is 3.56. The minimum Gasteiger partial charge on any atom is -0.467 e. The number of aromatic nitrogens is 2. The number of rotatable bonds is 6. The van der Waals surface area contributed by atoms with Crippen LogP contribution >= 0.6 is 0 Å². The van der Waals surface area contributed by atoms with Crippen LogP contribution in [0.15, 0.2) is 6.07 Å². The molecule has 6 nitrogen and oxygen atoms in total. The Morgan fingerprint density at radius 1 is 1.55 bits per heavy atom. The number of H-pyrrole nitrogens is 1. The van der Waals surface area contributed by atoms with Crippen LogP contribution < -0.4 is 5.32 Å². The second-order valence-corrected chi connectivity index (χ2v) is 5.51. The standard InChI is InChI=1S/C14H21N3O3/c1-4-7-14(2,13(19)20-3)15-12(18)11-8-10(16-17-11)9-5-6-9/h8-9H,4-7H2,1-3H3,(H,15,18)(H,16,17). The minimum atomic E-state index is -1.01. The Morgan fingerprint density at radius 3 is 2.80 bits per heavy atom. The van der Waals surface area contributed by atoms with Gasteiger partial charge in [0.25, 0.3) is 5.91 Å². The van der Waals surface area contributed by atoms with Crippen LogP contribution in [0.4, 0.5) is 0 Å². The second kappa shape index (κ2) is 5.64. The first-order valence-electron chi connectivity index (χ1n) is 6.96. The molecule has 20 heavy (non-hydrogen) atoms. The summed E-state index contributed by atoms with van der Waals surface area (Å²) in [4.78, 5) is 24.1.